The summed E-state index contributed by atoms with van der Waals surface area (Å²) in [6, 6.07) is 6.50. The van der Waals surface area contributed by atoms with Crippen molar-refractivity contribution in [1.82, 2.24) is 0 Å². The lowest BCUT2D eigenvalue weighted by atomic mass is 9.89. The van der Waals surface area contributed by atoms with E-state index in [9.17, 15) is 0 Å². The second-order valence-electron chi connectivity index (χ2n) is 4.15. The highest BCUT2D eigenvalue weighted by Gasteiger charge is 2.26. The molecule has 2 rings (SSSR count). The molecule has 1 nitrogen and oxygen atoms in total. The summed E-state index contributed by atoms with van der Waals surface area (Å²) in [4.78, 5) is 0. The largest absolute Gasteiger partial charge is 0.396 e. The van der Waals surface area contributed by atoms with Crippen LogP contribution in [0.1, 0.15) is 30.4 Å². The standard InChI is InChI=1S/C12H15BrO/c1-8(7-14)11-4-2-9-6-10(13)3-5-12(9)11/h3,5-6,8,11,14H,2,4,7H2,1H3. The highest BCUT2D eigenvalue weighted by atomic mass is 79.9. The smallest absolute Gasteiger partial charge is 0.0462 e. The highest BCUT2D eigenvalue weighted by Crippen LogP contribution is 2.39. The lowest BCUT2D eigenvalue weighted by molar-refractivity contribution is 0.215. The summed E-state index contributed by atoms with van der Waals surface area (Å²) in [5, 5.41) is 9.17. The quantitative estimate of drug-likeness (QED) is 0.860. The minimum atomic E-state index is 0.292. The molecule has 2 heteroatoms. The molecule has 1 aliphatic rings. The van der Waals surface area contributed by atoms with Crippen molar-refractivity contribution in [3.05, 3.63) is 33.8 Å². The number of benzene rings is 1. The predicted molar refractivity (Wildman–Crippen MR) is 61.5 cm³/mol. The zero-order valence-corrected chi connectivity index (χ0v) is 9.92. The minimum Gasteiger partial charge on any atom is -0.396 e. The van der Waals surface area contributed by atoms with Crippen LogP contribution in [0.5, 0.6) is 0 Å². The highest BCUT2D eigenvalue weighted by molar-refractivity contribution is 9.10. The Labute approximate surface area is 93.3 Å². The van der Waals surface area contributed by atoms with Crippen LogP contribution in [0.2, 0.25) is 0 Å². The maximum atomic E-state index is 9.17. The number of fused-ring (bicyclic) bond motifs is 1. The monoisotopic (exact) mass is 254 g/mol. The van der Waals surface area contributed by atoms with Gasteiger partial charge in [0.05, 0.1) is 0 Å². The van der Waals surface area contributed by atoms with Gasteiger partial charge in [0.2, 0.25) is 0 Å². The third-order valence-electron chi connectivity index (χ3n) is 3.20. The Kier molecular flexibility index (Phi) is 2.93. The number of aliphatic hydroxyl groups excluding tert-OH is 1. The summed E-state index contributed by atoms with van der Waals surface area (Å²) in [5.41, 5.74) is 2.89. The van der Waals surface area contributed by atoms with Crippen LogP contribution in [-0.2, 0) is 6.42 Å². The van der Waals surface area contributed by atoms with Crippen molar-refractivity contribution < 1.29 is 5.11 Å². The third kappa shape index (κ3) is 1.73. The van der Waals surface area contributed by atoms with E-state index in [-0.39, 0.29) is 0 Å². The average molecular weight is 255 g/mol. The van der Waals surface area contributed by atoms with Gasteiger partial charge in [-0.3, -0.25) is 0 Å². The molecule has 1 N–H and O–H groups in total. The molecule has 0 saturated carbocycles. The van der Waals surface area contributed by atoms with Crippen LogP contribution in [-0.4, -0.2) is 11.7 Å². The molecule has 0 aliphatic heterocycles. The molecule has 1 aliphatic carbocycles. The van der Waals surface area contributed by atoms with Gasteiger partial charge in [0, 0.05) is 11.1 Å². The number of hydrogen-bond acceptors (Lipinski definition) is 1. The first kappa shape index (κ1) is 10.2. The van der Waals surface area contributed by atoms with E-state index < -0.39 is 0 Å². The first-order valence-corrected chi connectivity index (χ1v) is 5.91. The van der Waals surface area contributed by atoms with Crippen molar-refractivity contribution >= 4 is 15.9 Å². The SMILES string of the molecule is CC(CO)C1CCc2cc(Br)ccc21. The molecule has 0 saturated heterocycles. The van der Waals surface area contributed by atoms with Gasteiger partial charge < -0.3 is 5.11 Å². The van der Waals surface area contributed by atoms with Crippen LogP contribution >= 0.6 is 15.9 Å². The molecule has 1 aromatic carbocycles. The Balaban J connectivity index is 2.31. The van der Waals surface area contributed by atoms with Crippen LogP contribution in [0.25, 0.3) is 0 Å². The van der Waals surface area contributed by atoms with Crippen LogP contribution < -0.4 is 0 Å². The minimum absolute atomic E-state index is 0.292. The summed E-state index contributed by atoms with van der Waals surface area (Å²) < 4.78 is 1.16. The van der Waals surface area contributed by atoms with Gasteiger partial charge in [0.15, 0.2) is 0 Å². The van der Waals surface area contributed by atoms with Crippen molar-refractivity contribution in [2.75, 3.05) is 6.61 Å². The summed E-state index contributed by atoms with van der Waals surface area (Å²) in [7, 11) is 0. The van der Waals surface area contributed by atoms with Gasteiger partial charge in [0.1, 0.15) is 0 Å². The second-order valence-corrected chi connectivity index (χ2v) is 5.06. The zero-order valence-electron chi connectivity index (χ0n) is 8.33. The van der Waals surface area contributed by atoms with E-state index in [1.165, 1.54) is 17.5 Å². The molecule has 14 heavy (non-hydrogen) atoms. The number of aliphatic hydroxyl groups is 1. The van der Waals surface area contributed by atoms with Gasteiger partial charge in [-0.2, -0.15) is 0 Å². The van der Waals surface area contributed by atoms with Gasteiger partial charge in [-0.05, 0) is 47.9 Å². The van der Waals surface area contributed by atoms with Crippen molar-refractivity contribution in [3.8, 4) is 0 Å². The van der Waals surface area contributed by atoms with Crippen LogP contribution in [0.4, 0.5) is 0 Å². The summed E-state index contributed by atoms with van der Waals surface area (Å²) in [6.07, 6.45) is 2.34. The Morgan fingerprint density at radius 1 is 1.57 bits per heavy atom. The molecule has 2 atom stereocenters. The van der Waals surface area contributed by atoms with Gasteiger partial charge in [-0.1, -0.05) is 28.9 Å². The molecule has 0 radical (unpaired) electrons. The number of rotatable bonds is 2. The van der Waals surface area contributed by atoms with Gasteiger partial charge in [0.25, 0.3) is 0 Å². The van der Waals surface area contributed by atoms with Crippen molar-refractivity contribution in [2.45, 2.75) is 25.7 Å². The summed E-state index contributed by atoms with van der Waals surface area (Å²) >= 11 is 3.49. The van der Waals surface area contributed by atoms with Crippen LogP contribution in [0.15, 0.2) is 22.7 Å². The van der Waals surface area contributed by atoms with Crippen molar-refractivity contribution in [1.29, 1.82) is 0 Å². The number of aryl methyl sites for hydroxylation is 1. The van der Waals surface area contributed by atoms with Gasteiger partial charge in [-0.25, -0.2) is 0 Å². The van der Waals surface area contributed by atoms with E-state index in [1.54, 1.807) is 0 Å². The Morgan fingerprint density at radius 3 is 3.07 bits per heavy atom. The van der Waals surface area contributed by atoms with E-state index in [0.29, 0.717) is 18.4 Å². The fraction of sp³-hybridized carbons (Fsp3) is 0.500. The Bertz CT molecular complexity index is 335. The molecule has 76 valence electrons. The van der Waals surface area contributed by atoms with Crippen LogP contribution in [0.3, 0.4) is 0 Å². The van der Waals surface area contributed by atoms with Gasteiger partial charge in [-0.15, -0.1) is 0 Å². The van der Waals surface area contributed by atoms with Crippen LogP contribution in [0, 0.1) is 5.92 Å². The molecule has 1 aromatic rings. The maximum Gasteiger partial charge on any atom is 0.0462 e. The third-order valence-corrected chi connectivity index (χ3v) is 3.70. The zero-order chi connectivity index (χ0) is 10.1. The summed E-state index contributed by atoms with van der Waals surface area (Å²) in [6.45, 7) is 2.42. The fourth-order valence-electron chi connectivity index (χ4n) is 2.34. The average Bonchev–Trinajstić information content (AvgIpc) is 2.59. The van der Waals surface area contributed by atoms with E-state index in [2.05, 4.69) is 41.1 Å². The molecule has 0 fully saturated rings. The van der Waals surface area contributed by atoms with E-state index >= 15 is 0 Å². The van der Waals surface area contributed by atoms with Crippen molar-refractivity contribution in [3.63, 3.8) is 0 Å². The Morgan fingerprint density at radius 2 is 2.36 bits per heavy atom. The normalized spacial score (nSPS) is 22.1. The lowest BCUT2D eigenvalue weighted by Crippen LogP contribution is -2.10. The Hall–Kier alpha value is -0.340. The van der Waals surface area contributed by atoms with E-state index in [1.807, 2.05) is 0 Å². The molecular weight excluding hydrogens is 240 g/mol. The molecule has 0 heterocycles. The molecule has 0 spiro atoms. The fourth-order valence-corrected chi connectivity index (χ4v) is 2.75. The molecular formula is C12H15BrO. The first-order valence-electron chi connectivity index (χ1n) is 5.11. The number of halogens is 1. The van der Waals surface area contributed by atoms with Crippen molar-refractivity contribution in [2.24, 2.45) is 5.92 Å². The first-order chi connectivity index (χ1) is 6.72. The van der Waals surface area contributed by atoms with E-state index in [4.69, 9.17) is 5.11 Å². The number of hydrogen-bond donors (Lipinski definition) is 1. The molecule has 0 aromatic heterocycles. The predicted octanol–water partition coefficient (Wildman–Crippen LogP) is 3.11. The second kappa shape index (κ2) is 4.03. The summed E-state index contributed by atoms with van der Waals surface area (Å²) in [5.74, 6) is 0.945. The van der Waals surface area contributed by atoms with Gasteiger partial charge >= 0.3 is 0 Å². The maximum absolute atomic E-state index is 9.17. The molecule has 0 bridgehead atoms. The topological polar surface area (TPSA) is 20.2 Å². The molecule has 2 unspecified atom stereocenters. The van der Waals surface area contributed by atoms with E-state index in [0.717, 1.165) is 10.9 Å². The lowest BCUT2D eigenvalue weighted by Gasteiger charge is -2.17. The molecule has 0 amide bonds.